The summed E-state index contributed by atoms with van der Waals surface area (Å²) in [6.07, 6.45) is 1.17. The van der Waals surface area contributed by atoms with Crippen molar-refractivity contribution >= 4 is 38.9 Å². The summed E-state index contributed by atoms with van der Waals surface area (Å²) in [6.45, 7) is 3.79. The Balaban J connectivity index is 1.65. The summed E-state index contributed by atoms with van der Waals surface area (Å²) in [5.74, 6) is -0.282. The molecule has 0 radical (unpaired) electrons. The molecule has 1 saturated carbocycles. The number of sulfonamides is 1. The van der Waals surface area contributed by atoms with Crippen LogP contribution in [0.5, 0.6) is 5.75 Å². The molecular weight excluding hydrogens is 490 g/mol. The van der Waals surface area contributed by atoms with E-state index in [0.717, 1.165) is 24.2 Å². The van der Waals surface area contributed by atoms with E-state index < -0.39 is 22.2 Å². The van der Waals surface area contributed by atoms with Gasteiger partial charge in [0.2, 0.25) is 5.91 Å². The number of likely N-dealkylation sites (N-methyl/N-ethyl adjacent to an activating group) is 1. The maximum atomic E-state index is 13.5. The van der Waals surface area contributed by atoms with E-state index in [9.17, 15) is 23.1 Å². The van der Waals surface area contributed by atoms with E-state index in [1.54, 1.807) is 47.5 Å². The van der Waals surface area contributed by atoms with Crippen molar-refractivity contribution in [3.63, 3.8) is 0 Å². The van der Waals surface area contributed by atoms with Crippen LogP contribution >= 0.6 is 11.3 Å². The Morgan fingerprint density at radius 3 is 2.71 bits per heavy atom. The lowest BCUT2D eigenvalue weighted by molar-refractivity contribution is -0.117. The zero-order chi connectivity index (χ0) is 25.3. The van der Waals surface area contributed by atoms with Gasteiger partial charge in [0.05, 0.1) is 24.8 Å². The van der Waals surface area contributed by atoms with Gasteiger partial charge < -0.3 is 20.1 Å². The Morgan fingerprint density at radius 2 is 2.09 bits per heavy atom. The number of carbonyl (C=O) groups is 2. The monoisotopic (exact) mass is 521 g/mol. The van der Waals surface area contributed by atoms with Crippen LogP contribution in [0.2, 0.25) is 0 Å². The first-order valence-corrected chi connectivity index (χ1v) is 14.0. The minimum Gasteiger partial charge on any atom is -0.488 e. The summed E-state index contributed by atoms with van der Waals surface area (Å²) >= 11 is 1.15. The first-order chi connectivity index (χ1) is 16.6. The first-order valence-electron chi connectivity index (χ1n) is 11.6. The molecule has 1 fully saturated rings. The number of nitrogens with one attached hydrogen (secondary N) is 1. The fourth-order valence-corrected chi connectivity index (χ4v) is 6.41. The number of carbonyl (C=O) groups excluding carboxylic acids is 2. The van der Waals surface area contributed by atoms with Gasteiger partial charge in [0.25, 0.3) is 15.9 Å². The second kappa shape index (κ2) is 10.3. The molecule has 190 valence electrons. The van der Waals surface area contributed by atoms with Gasteiger partial charge in [-0.25, -0.2) is 8.42 Å². The van der Waals surface area contributed by atoms with E-state index in [-0.39, 0.29) is 53.1 Å². The number of ether oxygens (including phenoxy) is 1. The number of amides is 2. The van der Waals surface area contributed by atoms with E-state index >= 15 is 0 Å². The molecule has 35 heavy (non-hydrogen) atoms. The third-order valence-electron chi connectivity index (χ3n) is 6.48. The van der Waals surface area contributed by atoms with Gasteiger partial charge in [-0.05, 0) is 49.4 Å². The molecule has 2 heterocycles. The highest BCUT2D eigenvalue weighted by Crippen LogP contribution is 2.33. The smallest absolute Gasteiger partial charge is 0.258 e. The van der Waals surface area contributed by atoms with Crippen molar-refractivity contribution in [3.8, 4) is 5.75 Å². The summed E-state index contributed by atoms with van der Waals surface area (Å²) in [5, 5.41) is 14.4. The molecule has 9 nitrogen and oxygen atoms in total. The molecular formula is C24H31N3O6S2. The van der Waals surface area contributed by atoms with Crippen molar-refractivity contribution in [3.05, 3.63) is 41.3 Å². The lowest BCUT2D eigenvalue weighted by Crippen LogP contribution is -2.50. The van der Waals surface area contributed by atoms with Crippen molar-refractivity contribution in [2.75, 3.05) is 32.1 Å². The second-order valence-electron chi connectivity index (χ2n) is 9.31. The van der Waals surface area contributed by atoms with Crippen LogP contribution in [0.3, 0.4) is 0 Å². The van der Waals surface area contributed by atoms with E-state index in [2.05, 4.69) is 5.32 Å². The van der Waals surface area contributed by atoms with Crippen LogP contribution in [0, 0.1) is 11.8 Å². The topological polar surface area (TPSA) is 116 Å². The summed E-state index contributed by atoms with van der Waals surface area (Å²) in [5.41, 5.74) is 0.760. The Morgan fingerprint density at radius 1 is 1.34 bits per heavy atom. The van der Waals surface area contributed by atoms with Gasteiger partial charge in [-0.15, -0.1) is 11.3 Å². The molecule has 0 saturated heterocycles. The Kier molecular flexibility index (Phi) is 7.51. The SMILES string of the molecule is C[C@H](CO)N1C[C@H](C)[C@@H](CN(C)S(=O)(=O)c2cccs2)Oc2ccc(NC(=O)C3CC3)cc2C1=O. The van der Waals surface area contributed by atoms with Crippen LogP contribution < -0.4 is 10.1 Å². The third kappa shape index (κ3) is 5.53. The second-order valence-corrected chi connectivity index (χ2v) is 12.5. The standard InChI is InChI=1S/C24H31N3O6S2/c1-15-12-27(16(2)14-28)24(30)19-11-18(25-23(29)17-6-7-17)8-9-20(19)33-21(15)13-26(3)35(31,32)22-5-4-10-34-22/h4-5,8-11,15-17,21,28H,6-7,12-14H2,1-3H3,(H,25,29)/t15-,16+,21+/m0/s1. The minimum atomic E-state index is -3.68. The molecule has 1 aliphatic heterocycles. The number of fused-ring (bicyclic) bond motifs is 1. The number of thiophene rings is 1. The molecule has 0 spiro atoms. The fraction of sp³-hybridized carbons (Fsp3) is 0.500. The van der Waals surface area contributed by atoms with E-state index in [0.29, 0.717) is 11.4 Å². The number of aliphatic hydroxyl groups excluding tert-OH is 1. The number of rotatable bonds is 8. The number of aliphatic hydroxyl groups is 1. The molecule has 1 aliphatic carbocycles. The van der Waals surface area contributed by atoms with Crippen molar-refractivity contribution < 1.29 is 27.9 Å². The lowest BCUT2D eigenvalue weighted by Gasteiger charge is -2.38. The van der Waals surface area contributed by atoms with Gasteiger partial charge in [0, 0.05) is 31.1 Å². The van der Waals surface area contributed by atoms with Crippen molar-refractivity contribution in [1.29, 1.82) is 0 Å². The van der Waals surface area contributed by atoms with E-state index in [1.807, 2.05) is 6.92 Å². The molecule has 2 aromatic rings. The predicted molar refractivity (Wildman–Crippen MR) is 133 cm³/mol. The maximum Gasteiger partial charge on any atom is 0.258 e. The van der Waals surface area contributed by atoms with Gasteiger partial charge in [-0.2, -0.15) is 4.31 Å². The van der Waals surface area contributed by atoms with Gasteiger partial charge in [-0.3, -0.25) is 9.59 Å². The Hall–Kier alpha value is -2.47. The highest BCUT2D eigenvalue weighted by molar-refractivity contribution is 7.91. The van der Waals surface area contributed by atoms with Gasteiger partial charge in [0.1, 0.15) is 16.1 Å². The number of anilines is 1. The average molecular weight is 522 g/mol. The highest BCUT2D eigenvalue weighted by atomic mass is 32.2. The van der Waals surface area contributed by atoms with Crippen molar-refractivity contribution in [2.45, 2.75) is 43.0 Å². The van der Waals surface area contributed by atoms with Crippen LogP contribution in [0.4, 0.5) is 5.69 Å². The molecule has 11 heteroatoms. The first kappa shape index (κ1) is 25.6. The minimum absolute atomic E-state index is 0.0148. The molecule has 2 N–H and O–H groups in total. The molecule has 2 amide bonds. The molecule has 1 aromatic heterocycles. The molecule has 0 bridgehead atoms. The molecule has 4 rings (SSSR count). The zero-order valence-electron chi connectivity index (χ0n) is 20.0. The van der Waals surface area contributed by atoms with Crippen LogP contribution in [0.15, 0.2) is 39.9 Å². The van der Waals surface area contributed by atoms with Gasteiger partial charge >= 0.3 is 0 Å². The zero-order valence-corrected chi connectivity index (χ0v) is 21.6. The van der Waals surface area contributed by atoms with E-state index in [4.69, 9.17) is 4.74 Å². The van der Waals surface area contributed by atoms with Gasteiger partial charge in [0.15, 0.2) is 0 Å². The summed E-state index contributed by atoms with van der Waals surface area (Å²) < 4.78 is 33.8. The summed E-state index contributed by atoms with van der Waals surface area (Å²) in [7, 11) is -2.17. The highest BCUT2D eigenvalue weighted by Gasteiger charge is 2.36. The quantitative estimate of drug-likeness (QED) is 0.552. The van der Waals surface area contributed by atoms with Crippen molar-refractivity contribution in [1.82, 2.24) is 9.21 Å². The Labute approximate surface area is 209 Å². The largest absolute Gasteiger partial charge is 0.488 e. The molecule has 3 atom stereocenters. The molecule has 0 unspecified atom stereocenters. The predicted octanol–water partition coefficient (Wildman–Crippen LogP) is 2.64. The lowest BCUT2D eigenvalue weighted by atomic mass is 9.99. The summed E-state index contributed by atoms with van der Waals surface area (Å²) in [6, 6.07) is 7.71. The Bertz CT molecular complexity index is 1180. The number of hydrogen-bond acceptors (Lipinski definition) is 7. The normalized spacial score (nSPS) is 21.6. The number of benzene rings is 1. The van der Waals surface area contributed by atoms with Crippen molar-refractivity contribution in [2.24, 2.45) is 11.8 Å². The number of nitrogens with zero attached hydrogens (tertiary/aromatic N) is 2. The van der Waals surface area contributed by atoms with Gasteiger partial charge in [-0.1, -0.05) is 13.0 Å². The maximum absolute atomic E-state index is 13.5. The van der Waals surface area contributed by atoms with Crippen LogP contribution in [0.1, 0.15) is 37.0 Å². The van der Waals surface area contributed by atoms with Crippen LogP contribution in [-0.4, -0.2) is 73.4 Å². The summed E-state index contributed by atoms with van der Waals surface area (Å²) in [4.78, 5) is 27.3. The van der Waals surface area contributed by atoms with Crippen LogP contribution in [-0.2, 0) is 14.8 Å². The van der Waals surface area contributed by atoms with Crippen LogP contribution in [0.25, 0.3) is 0 Å². The molecule has 1 aromatic carbocycles. The number of hydrogen-bond donors (Lipinski definition) is 2. The fourth-order valence-electron chi connectivity index (χ4n) is 4.02. The third-order valence-corrected chi connectivity index (χ3v) is 9.67. The average Bonchev–Trinajstić information content (AvgIpc) is 3.54. The molecule has 2 aliphatic rings. The van der Waals surface area contributed by atoms with E-state index in [1.165, 1.54) is 11.4 Å².